The first-order valence-electron chi connectivity index (χ1n) is 11.7. The van der Waals surface area contributed by atoms with Gasteiger partial charge in [-0.05, 0) is 69.7 Å². The molecule has 1 amide bonds. The first-order chi connectivity index (χ1) is 17.3. The number of benzene rings is 2. The molecule has 9 heteroatoms. The molecule has 0 aliphatic carbocycles. The number of aryl methyl sites for hydroxylation is 1. The lowest BCUT2D eigenvalue weighted by molar-refractivity contribution is -0.158. The highest BCUT2D eigenvalue weighted by Crippen LogP contribution is 2.31. The van der Waals surface area contributed by atoms with Gasteiger partial charge in [0.1, 0.15) is 5.75 Å². The first kappa shape index (κ1) is 27.7. The third-order valence-electron chi connectivity index (χ3n) is 5.63. The zero-order chi connectivity index (χ0) is 27.4. The quantitative estimate of drug-likeness (QED) is 0.342. The number of aromatic nitrogens is 1. The van der Waals surface area contributed by atoms with E-state index in [0.717, 1.165) is 17.7 Å². The molecule has 0 N–H and O–H groups in total. The van der Waals surface area contributed by atoms with E-state index in [-0.39, 0.29) is 19.1 Å². The Bertz CT molecular complexity index is 1270. The minimum absolute atomic E-state index is 0.248. The molecule has 1 heterocycles. The number of rotatable bonds is 8. The molecule has 196 valence electrons. The largest absolute Gasteiger partial charge is 0.476 e. The fraction of sp³-hybridized carbons (Fsp3) is 0.321. The summed E-state index contributed by atoms with van der Waals surface area (Å²) in [6.45, 7) is 7.17. The molecule has 2 aromatic carbocycles. The van der Waals surface area contributed by atoms with E-state index in [1.807, 2.05) is 6.07 Å². The van der Waals surface area contributed by atoms with Gasteiger partial charge in [-0.3, -0.25) is 9.78 Å². The maximum absolute atomic E-state index is 13.1. The summed E-state index contributed by atoms with van der Waals surface area (Å²) >= 11 is 0. The van der Waals surface area contributed by atoms with Gasteiger partial charge in [0.05, 0.1) is 29.1 Å². The van der Waals surface area contributed by atoms with Crippen LogP contribution >= 0.6 is 0 Å². The molecule has 0 radical (unpaired) electrons. The third-order valence-corrected chi connectivity index (χ3v) is 5.63. The minimum atomic E-state index is -4.41. The standard InChI is InChI=1S/C28H29F3N2O4/c1-6-36-26(35)27(3,4)37-22-9-7-8-19(16-22)17-33(5)25(34)23-14-15-24(32-18(23)2)20-10-12-21(13-11-20)28(29,30)31/h7-16H,6,17H2,1-5H3. The number of nitrogens with zero attached hydrogens (tertiary/aromatic N) is 2. The zero-order valence-electron chi connectivity index (χ0n) is 21.3. The monoisotopic (exact) mass is 514 g/mol. The molecule has 0 aliphatic rings. The number of hydrogen-bond acceptors (Lipinski definition) is 5. The van der Waals surface area contributed by atoms with E-state index < -0.39 is 23.3 Å². The SMILES string of the molecule is CCOC(=O)C(C)(C)Oc1cccc(CN(C)C(=O)c2ccc(-c3ccc(C(F)(F)F)cc3)nc2C)c1. The molecule has 0 spiro atoms. The van der Waals surface area contributed by atoms with E-state index in [2.05, 4.69) is 4.98 Å². The summed E-state index contributed by atoms with van der Waals surface area (Å²) in [6, 6.07) is 15.0. The fourth-order valence-electron chi connectivity index (χ4n) is 3.68. The number of esters is 1. The minimum Gasteiger partial charge on any atom is -0.476 e. The summed E-state index contributed by atoms with van der Waals surface area (Å²) in [5.41, 5.74) is 0.718. The summed E-state index contributed by atoms with van der Waals surface area (Å²) in [5, 5.41) is 0. The van der Waals surface area contributed by atoms with E-state index in [9.17, 15) is 22.8 Å². The molecule has 6 nitrogen and oxygen atoms in total. The Morgan fingerprint density at radius 2 is 1.68 bits per heavy atom. The molecule has 0 aliphatic heterocycles. The second-order valence-electron chi connectivity index (χ2n) is 9.05. The van der Waals surface area contributed by atoms with Gasteiger partial charge in [-0.25, -0.2) is 4.79 Å². The van der Waals surface area contributed by atoms with Crippen LogP contribution in [0.5, 0.6) is 5.75 Å². The lowest BCUT2D eigenvalue weighted by atomic mass is 10.1. The van der Waals surface area contributed by atoms with Crippen molar-refractivity contribution in [3.05, 3.63) is 83.0 Å². The van der Waals surface area contributed by atoms with Crippen LogP contribution in [0.2, 0.25) is 0 Å². The molecule has 0 bridgehead atoms. The van der Waals surface area contributed by atoms with E-state index in [4.69, 9.17) is 9.47 Å². The Morgan fingerprint density at radius 1 is 1.00 bits per heavy atom. The van der Waals surface area contributed by atoms with Crippen LogP contribution in [0.15, 0.2) is 60.7 Å². The van der Waals surface area contributed by atoms with Crippen LogP contribution in [-0.2, 0) is 22.3 Å². The van der Waals surface area contributed by atoms with Crippen LogP contribution in [0.25, 0.3) is 11.3 Å². The Balaban J connectivity index is 1.72. The Hall–Kier alpha value is -3.88. The molecule has 0 saturated carbocycles. The number of halogens is 3. The lowest BCUT2D eigenvalue weighted by Gasteiger charge is -2.24. The highest BCUT2D eigenvalue weighted by Gasteiger charge is 2.32. The predicted molar refractivity (Wildman–Crippen MR) is 133 cm³/mol. The van der Waals surface area contributed by atoms with Gasteiger partial charge < -0.3 is 14.4 Å². The summed E-state index contributed by atoms with van der Waals surface area (Å²) in [4.78, 5) is 31.2. The van der Waals surface area contributed by atoms with Crippen molar-refractivity contribution in [2.75, 3.05) is 13.7 Å². The van der Waals surface area contributed by atoms with Crippen molar-refractivity contribution in [1.29, 1.82) is 0 Å². The van der Waals surface area contributed by atoms with Crippen molar-refractivity contribution >= 4 is 11.9 Å². The number of carbonyl (C=O) groups excluding carboxylic acids is 2. The summed E-state index contributed by atoms with van der Waals surface area (Å²) < 4.78 is 49.4. The van der Waals surface area contributed by atoms with E-state index in [1.165, 1.54) is 17.0 Å². The van der Waals surface area contributed by atoms with Crippen LogP contribution in [-0.4, -0.2) is 41.0 Å². The predicted octanol–water partition coefficient (Wildman–Crippen LogP) is 6.07. The molecule has 3 aromatic rings. The topological polar surface area (TPSA) is 68.7 Å². The van der Waals surface area contributed by atoms with Crippen molar-refractivity contribution in [3.63, 3.8) is 0 Å². The molecule has 0 saturated heterocycles. The number of amides is 1. The fourth-order valence-corrected chi connectivity index (χ4v) is 3.68. The van der Waals surface area contributed by atoms with Gasteiger partial charge in [0.25, 0.3) is 5.91 Å². The Labute approximate surface area is 214 Å². The molecule has 37 heavy (non-hydrogen) atoms. The number of ether oxygens (including phenoxy) is 2. The number of alkyl halides is 3. The first-order valence-corrected chi connectivity index (χ1v) is 11.7. The summed E-state index contributed by atoms with van der Waals surface area (Å²) in [5.74, 6) is -0.271. The highest BCUT2D eigenvalue weighted by atomic mass is 19.4. The summed E-state index contributed by atoms with van der Waals surface area (Å²) in [7, 11) is 1.65. The van der Waals surface area contributed by atoms with Crippen LogP contribution in [0.1, 0.15) is 48.0 Å². The van der Waals surface area contributed by atoms with Crippen LogP contribution < -0.4 is 4.74 Å². The van der Waals surface area contributed by atoms with Gasteiger partial charge in [-0.1, -0.05) is 24.3 Å². The molecule has 3 rings (SSSR count). The second-order valence-corrected chi connectivity index (χ2v) is 9.05. The molecule has 0 fully saturated rings. The number of hydrogen-bond donors (Lipinski definition) is 0. The highest BCUT2D eigenvalue weighted by molar-refractivity contribution is 5.95. The average molecular weight is 515 g/mol. The van der Waals surface area contributed by atoms with E-state index in [0.29, 0.717) is 28.3 Å². The molecule has 1 aromatic heterocycles. The van der Waals surface area contributed by atoms with Crippen LogP contribution in [0.3, 0.4) is 0 Å². The zero-order valence-corrected chi connectivity index (χ0v) is 21.3. The third kappa shape index (κ3) is 6.87. The second kappa shape index (κ2) is 11.0. The number of pyridine rings is 1. The summed E-state index contributed by atoms with van der Waals surface area (Å²) in [6.07, 6.45) is -4.41. The Morgan fingerprint density at radius 3 is 2.27 bits per heavy atom. The van der Waals surface area contributed by atoms with Crippen LogP contribution in [0.4, 0.5) is 13.2 Å². The van der Waals surface area contributed by atoms with E-state index in [1.54, 1.807) is 65.1 Å². The van der Waals surface area contributed by atoms with Crippen molar-refractivity contribution in [1.82, 2.24) is 9.88 Å². The van der Waals surface area contributed by atoms with Gasteiger partial charge in [-0.2, -0.15) is 13.2 Å². The molecular weight excluding hydrogens is 485 g/mol. The van der Waals surface area contributed by atoms with Crippen molar-refractivity contribution in [2.24, 2.45) is 0 Å². The number of carbonyl (C=O) groups is 2. The van der Waals surface area contributed by atoms with Gasteiger partial charge in [0.2, 0.25) is 0 Å². The van der Waals surface area contributed by atoms with Gasteiger partial charge in [-0.15, -0.1) is 0 Å². The van der Waals surface area contributed by atoms with Crippen LogP contribution in [0, 0.1) is 6.92 Å². The van der Waals surface area contributed by atoms with Crippen molar-refractivity contribution < 1.29 is 32.2 Å². The average Bonchev–Trinajstić information content (AvgIpc) is 2.83. The van der Waals surface area contributed by atoms with Crippen molar-refractivity contribution in [3.8, 4) is 17.0 Å². The Kier molecular flexibility index (Phi) is 8.25. The van der Waals surface area contributed by atoms with Gasteiger partial charge >= 0.3 is 12.1 Å². The normalized spacial score (nSPS) is 11.7. The van der Waals surface area contributed by atoms with E-state index >= 15 is 0 Å². The molecule has 0 atom stereocenters. The van der Waals surface area contributed by atoms with Crippen molar-refractivity contribution in [2.45, 2.75) is 46.0 Å². The maximum atomic E-state index is 13.1. The van der Waals surface area contributed by atoms with Gasteiger partial charge in [0, 0.05) is 19.2 Å². The van der Waals surface area contributed by atoms with Gasteiger partial charge in [0.15, 0.2) is 5.60 Å². The maximum Gasteiger partial charge on any atom is 0.416 e. The lowest BCUT2D eigenvalue weighted by Crippen LogP contribution is -2.39. The molecular formula is C28H29F3N2O4. The smallest absolute Gasteiger partial charge is 0.416 e. The molecule has 0 unspecified atom stereocenters.